The minimum Gasteiger partial charge on any atom is -0.357 e. The minimum atomic E-state index is -2.98. The van der Waals surface area contributed by atoms with Crippen LogP contribution < -0.4 is 16.0 Å². The van der Waals surface area contributed by atoms with E-state index in [1.54, 1.807) is 0 Å². The van der Waals surface area contributed by atoms with Crippen LogP contribution in [0.4, 0.5) is 0 Å². The van der Waals surface area contributed by atoms with E-state index in [2.05, 4.69) is 59.1 Å². The van der Waals surface area contributed by atoms with Crippen molar-refractivity contribution < 1.29 is 13.2 Å². The number of hydrogen-bond donors (Lipinski definition) is 3. The fourth-order valence-electron chi connectivity index (χ4n) is 3.39. The van der Waals surface area contributed by atoms with Gasteiger partial charge in [-0.15, -0.1) is 24.0 Å². The van der Waals surface area contributed by atoms with Crippen LogP contribution in [0, 0.1) is 0 Å². The number of nitrogens with zero attached hydrogens (tertiary/aromatic N) is 1. The predicted octanol–water partition coefficient (Wildman–Crippen LogP) is 2.61. The van der Waals surface area contributed by atoms with Gasteiger partial charge < -0.3 is 16.0 Å². The second-order valence-corrected chi connectivity index (χ2v) is 10.3. The molecule has 1 aromatic carbocycles. The van der Waals surface area contributed by atoms with Gasteiger partial charge in [-0.05, 0) is 43.2 Å². The first-order chi connectivity index (χ1) is 14.3. The van der Waals surface area contributed by atoms with Crippen LogP contribution in [0.25, 0.3) is 0 Å². The number of sulfone groups is 1. The first-order valence-electron chi connectivity index (χ1n) is 10.9. The third-order valence-corrected chi connectivity index (χ3v) is 6.89. The highest BCUT2D eigenvalue weighted by Gasteiger charge is 2.28. The van der Waals surface area contributed by atoms with Crippen molar-refractivity contribution in [2.24, 2.45) is 4.99 Å². The Morgan fingerprint density at radius 1 is 1.19 bits per heavy atom. The monoisotopic (exact) mass is 564 g/mol. The molecule has 7 nitrogen and oxygen atoms in total. The van der Waals surface area contributed by atoms with E-state index >= 15 is 0 Å². The maximum Gasteiger partial charge on any atom is 0.222 e. The van der Waals surface area contributed by atoms with Crippen molar-refractivity contribution in [1.29, 1.82) is 0 Å². The number of guanidine groups is 1. The molecule has 0 spiro atoms. The van der Waals surface area contributed by atoms with Gasteiger partial charge >= 0.3 is 0 Å². The Kier molecular flexibility index (Phi) is 12.4. The van der Waals surface area contributed by atoms with Gasteiger partial charge in [0, 0.05) is 32.1 Å². The molecule has 1 fully saturated rings. The van der Waals surface area contributed by atoms with Gasteiger partial charge in [-0.1, -0.05) is 38.1 Å². The van der Waals surface area contributed by atoms with E-state index in [0.717, 1.165) is 19.4 Å². The van der Waals surface area contributed by atoms with Crippen molar-refractivity contribution in [1.82, 2.24) is 16.0 Å². The molecule has 3 N–H and O–H groups in total. The molecule has 1 aromatic rings. The number of nitrogens with one attached hydrogen (secondary N) is 3. The third-order valence-electron chi connectivity index (χ3n) is 5.13. The minimum absolute atomic E-state index is 0. The number of aliphatic imine (C=N–C) groups is 1. The van der Waals surface area contributed by atoms with Gasteiger partial charge in [-0.3, -0.25) is 9.79 Å². The molecular weight excluding hydrogens is 527 g/mol. The molecule has 0 aromatic heterocycles. The van der Waals surface area contributed by atoms with E-state index in [9.17, 15) is 13.2 Å². The van der Waals surface area contributed by atoms with Gasteiger partial charge in [0.15, 0.2) is 15.8 Å². The number of amides is 1. The molecule has 9 heteroatoms. The summed E-state index contributed by atoms with van der Waals surface area (Å²) in [6.07, 6.45) is 2.72. The normalized spacial score (nSPS) is 17.8. The molecule has 31 heavy (non-hydrogen) atoms. The Hall–Kier alpha value is -1.36. The number of carbonyl (C=O) groups excluding carboxylic acids is 1. The Morgan fingerprint density at radius 3 is 2.48 bits per heavy atom. The summed E-state index contributed by atoms with van der Waals surface area (Å²) < 4.78 is 22.9. The maximum absolute atomic E-state index is 12.0. The lowest BCUT2D eigenvalue weighted by Crippen LogP contribution is -2.41. The number of hydrogen-bond acceptors (Lipinski definition) is 4. The number of aryl methyl sites for hydroxylation is 1. The quantitative estimate of drug-likeness (QED) is 0.176. The lowest BCUT2D eigenvalue weighted by Gasteiger charge is -2.13. The van der Waals surface area contributed by atoms with Crippen LogP contribution in [0.3, 0.4) is 0 Å². The zero-order valence-electron chi connectivity index (χ0n) is 18.8. The maximum atomic E-state index is 12.0. The number of rotatable bonds is 10. The Labute approximate surface area is 204 Å². The summed E-state index contributed by atoms with van der Waals surface area (Å²) in [6.45, 7) is 8.29. The fraction of sp³-hybridized carbons (Fsp3) is 0.636. The van der Waals surface area contributed by atoms with Crippen molar-refractivity contribution >= 4 is 45.7 Å². The van der Waals surface area contributed by atoms with Crippen molar-refractivity contribution in [2.45, 2.75) is 58.4 Å². The second-order valence-electron chi connectivity index (χ2n) is 8.10. The van der Waals surface area contributed by atoms with Crippen LogP contribution in [0.15, 0.2) is 29.3 Å². The molecule has 1 aliphatic rings. The Bertz CT molecular complexity index is 811. The van der Waals surface area contributed by atoms with Crippen LogP contribution in [0.2, 0.25) is 0 Å². The van der Waals surface area contributed by atoms with E-state index in [0.29, 0.717) is 31.4 Å². The zero-order chi connectivity index (χ0) is 22.0. The van der Waals surface area contributed by atoms with E-state index in [1.165, 1.54) is 11.1 Å². The molecule has 2 rings (SSSR count). The summed E-state index contributed by atoms with van der Waals surface area (Å²) in [5.41, 5.74) is 2.67. The highest BCUT2D eigenvalue weighted by molar-refractivity contribution is 14.0. The van der Waals surface area contributed by atoms with Gasteiger partial charge in [-0.25, -0.2) is 8.42 Å². The van der Waals surface area contributed by atoms with Crippen molar-refractivity contribution in [3.05, 3.63) is 35.4 Å². The highest BCUT2D eigenvalue weighted by Crippen LogP contribution is 2.15. The van der Waals surface area contributed by atoms with E-state index in [1.807, 2.05) is 6.92 Å². The average Bonchev–Trinajstić information content (AvgIpc) is 3.03. The standard InChI is InChI=1S/C22H36N4O3S.HI/c1-4-23-22(24-13-5-6-18-7-9-19(10-8-18)17(2)3)25-14-11-21(27)26-20-12-15-30(28,29)16-20;/h7-10,17,20H,4-6,11-16H2,1-3H3,(H,26,27)(H2,23,24,25);1H. The molecule has 0 saturated carbocycles. The van der Waals surface area contributed by atoms with Gasteiger partial charge in [-0.2, -0.15) is 0 Å². The molecule has 0 radical (unpaired) electrons. The molecule has 1 unspecified atom stereocenters. The molecule has 0 aliphatic carbocycles. The zero-order valence-corrected chi connectivity index (χ0v) is 22.0. The molecule has 0 bridgehead atoms. The summed E-state index contributed by atoms with van der Waals surface area (Å²) in [7, 11) is -2.98. The van der Waals surface area contributed by atoms with Crippen LogP contribution >= 0.6 is 24.0 Å². The summed E-state index contributed by atoms with van der Waals surface area (Å²) in [6, 6.07) is 8.52. The lowest BCUT2D eigenvalue weighted by atomic mass is 10.0. The van der Waals surface area contributed by atoms with Crippen molar-refractivity contribution in [3.63, 3.8) is 0 Å². The molecule has 176 valence electrons. The average molecular weight is 565 g/mol. The molecule has 1 atom stereocenters. The number of carbonyl (C=O) groups is 1. The Morgan fingerprint density at radius 2 is 1.90 bits per heavy atom. The van der Waals surface area contributed by atoms with Crippen LogP contribution in [-0.2, 0) is 21.1 Å². The topological polar surface area (TPSA) is 99.7 Å². The first kappa shape index (κ1) is 27.7. The van der Waals surface area contributed by atoms with E-state index < -0.39 is 9.84 Å². The van der Waals surface area contributed by atoms with Crippen molar-refractivity contribution in [3.8, 4) is 0 Å². The third kappa shape index (κ3) is 10.7. The summed E-state index contributed by atoms with van der Waals surface area (Å²) >= 11 is 0. The lowest BCUT2D eigenvalue weighted by molar-refractivity contribution is -0.121. The molecule has 1 amide bonds. The summed E-state index contributed by atoms with van der Waals surface area (Å²) in [4.78, 5) is 16.6. The van der Waals surface area contributed by atoms with Gasteiger partial charge in [0.2, 0.25) is 5.91 Å². The Balaban J connectivity index is 0.00000480. The molecular formula is C22H37IN4O3S. The first-order valence-corrected chi connectivity index (χ1v) is 12.7. The number of halogens is 1. The summed E-state index contributed by atoms with van der Waals surface area (Å²) in [5, 5.41) is 9.16. The highest BCUT2D eigenvalue weighted by atomic mass is 127. The smallest absolute Gasteiger partial charge is 0.222 e. The number of benzene rings is 1. The van der Waals surface area contributed by atoms with Gasteiger partial charge in [0.05, 0.1) is 11.5 Å². The van der Waals surface area contributed by atoms with E-state index in [-0.39, 0.29) is 53.9 Å². The van der Waals surface area contributed by atoms with E-state index in [4.69, 9.17) is 0 Å². The van der Waals surface area contributed by atoms with Crippen molar-refractivity contribution in [2.75, 3.05) is 31.1 Å². The van der Waals surface area contributed by atoms with Crippen LogP contribution in [-0.4, -0.2) is 57.5 Å². The van der Waals surface area contributed by atoms with Gasteiger partial charge in [0.25, 0.3) is 0 Å². The molecule has 1 heterocycles. The largest absolute Gasteiger partial charge is 0.357 e. The predicted molar refractivity (Wildman–Crippen MR) is 138 cm³/mol. The second kappa shape index (κ2) is 13.9. The molecule has 1 saturated heterocycles. The fourth-order valence-corrected chi connectivity index (χ4v) is 5.06. The van der Waals surface area contributed by atoms with Crippen LogP contribution in [0.5, 0.6) is 0 Å². The van der Waals surface area contributed by atoms with Crippen LogP contribution in [0.1, 0.15) is 57.1 Å². The van der Waals surface area contributed by atoms with Gasteiger partial charge in [0.1, 0.15) is 0 Å². The SMILES string of the molecule is CCNC(=NCCCc1ccc(C(C)C)cc1)NCCC(=O)NC1CCS(=O)(=O)C1.I. The summed E-state index contributed by atoms with van der Waals surface area (Å²) in [5.74, 6) is 1.33. The molecule has 1 aliphatic heterocycles.